The van der Waals surface area contributed by atoms with Gasteiger partial charge in [-0.25, -0.2) is 0 Å². The largest absolute Gasteiger partial charge is 0.483 e. The van der Waals surface area contributed by atoms with Gasteiger partial charge in [-0.2, -0.15) is 0 Å². The van der Waals surface area contributed by atoms with Crippen LogP contribution in [0.25, 0.3) is 0 Å². The Morgan fingerprint density at radius 3 is 2.60 bits per heavy atom. The van der Waals surface area contributed by atoms with E-state index in [-0.39, 0.29) is 12.5 Å². The number of hydrogen-bond donors (Lipinski definition) is 0. The van der Waals surface area contributed by atoms with E-state index < -0.39 is 0 Å². The van der Waals surface area contributed by atoms with Crippen molar-refractivity contribution in [3.8, 4) is 5.75 Å². The first-order valence-electron chi connectivity index (χ1n) is 6.99. The van der Waals surface area contributed by atoms with Crippen LogP contribution in [-0.2, 0) is 4.79 Å². The number of hydrogen-bond acceptors (Lipinski definition) is 3. The van der Waals surface area contributed by atoms with Crippen molar-refractivity contribution in [1.29, 1.82) is 0 Å². The number of likely N-dealkylation sites (N-methyl/N-ethyl adjacent to an activating group) is 1. The molecule has 20 heavy (non-hydrogen) atoms. The molecular formula is C15H21ClN2O2. The molecule has 4 nitrogen and oxygen atoms in total. The predicted molar refractivity (Wildman–Crippen MR) is 80.4 cm³/mol. The molecule has 0 radical (unpaired) electrons. The van der Waals surface area contributed by atoms with Gasteiger partial charge in [-0.15, -0.1) is 0 Å². The van der Waals surface area contributed by atoms with Gasteiger partial charge in [-0.05, 0) is 37.2 Å². The van der Waals surface area contributed by atoms with Gasteiger partial charge in [-0.3, -0.25) is 4.79 Å². The average Bonchev–Trinajstić information content (AvgIpc) is 2.46. The van der Waals surface area contributed by atoms with Crippen LogP contribution in [0.2, 0.25) is 5.02 Å². The van der Waals surface area contributed by atoms with E-state index in [0.717, 1.165) is 44.0 Å². The lowest BCUT2D eigenvalue weighted by molar-refractivity contribution is -0.135. The summed E-state index contributed by atoms with van der Waals surface area (Å²) < 4.78 is 5.60. The number of halogens is 1. The van der Waals surface area contributed by atoms with Gasteiger partial charge >= 0.3 is 0 Å². The van der Waals surface area contributed by atoms with Crippen LogP contribution in [-0.4, -0.2) is 55.0 Å². The smallest absolute Gasteiger partial charge is 0.260 e. The number of amides is 1. The highest BCUT2D eigenvalue weighted by atomic mass is 35.5. The summed E-state index contributed by atoms with van der Waals surface area (Å²) in [5.41, 5.74) is 0.945. The molecule has 1 aliphatic rings. The minimum atomic E-state index is 0.0510. The Labute approximate surface area is 125 Å². The van der Waals surface area contributed by atoms with Crippen LogP contribution in [0.3, 0.4) is 0 Å². The number of nitrogens with zero attached hydrogens (tertiary/aromatic N) is 2. The number of ether oxygens (including phenoxy) is 1. The van der Waals surface area contributed by atoms with Gasteiger partial charge in [0.25, 0.3) is 5.91 Å². The van der Waals surface area contributed by atoms with Gasteiger partial charge in [-0.1, -0.05) is 18.5 Å². The van der Waals surface area contributed by atoms with E-state index in [1.54, 1.807) is 12.1 Å². The maximum absolute atomic E-state index is 12.1. The van der Waals surface area contributed by atoms with Crippen LogP contribution < -0.4 is 4.74 Å². The van der Waals surface area contributed by atoms with Gasteiger partial charge in [0.05, 0.1) is 0 Å². The van der Waals surface area contributed by atoms with Crippen LogP contribution >= 0.6 is 11.6 Å². The standard InChI is InChI=1S/C15H21ClN2O2/c1-3-17-6-8-18(9-7-17)15(19)11-20-14-5-4-13(16)10-12(14)2/h4-5,10H,3,6-9,11H2,1-2H3. The van der Waals surface area contributed by atoms with E-state index in [0.29, 0.717) is 5.02 Å². The first-order chi connectivity index (χ1) is 9.60. The summed E-state index contributed by atoms with van der Waals surface area (Å²) in [7, 11) is 0. The lowest BCUT2D eigenvalue weighted by atomic mass is 10.2. The van der Waals surface area contributed by atoms with Crippen LogP contribution in [0.15, 0.2) is 18.2 Å². The van der Waals surface area contributed by atoms with Gasteiger partial charge < -0.3 is 14.5 Å². The molecule has 0 spiro atoms. The molecule has 1 saturated heterocycles. The number of rotatable bonds is 4. The molecule has 0 aromatic heterocycles. The fourth-order valence-electron chi connectivity index (χ4n) is 2.32. The van der Waals surface area contributed by atoms with Gasteiger partial charge in [0.15, 0.2) is 6.61 Å². The third kappa shape index (κ3) is 3.87. The van der Waals surface area contributed by atoms with E-state index in [4.69, 9.17) is 16.3 Å². The number of piperazine rings is 1. The number of benzene rings is 1. The zero-order chi connectivity index (χ0) is 14.5. The highest BCUT2D eigenvalue weighted by molar-refractivity contribution is 6.30. The summed E-state index contributed by atoms with van der Waals surface area (Å²) in [6.45, 7) is 8.67. The Bertz CT molecular complexity index is 471. The molecule has 1 aromatic carbocycles. The third-order valence-electron chi connectivity index (χ3n) is 3.66. The van der Waals surface area contributed by atoms with Crippen molar-refractivity contribution < 1.29 is 9.53 Å². The molecule has 0 N–H and O–H groups in total. The van der Waals surface area contributed by atoms with Crippen molar-refractivity contribution in [1.82, 2.24) is 9.80 Å². The van der Waals surface area contributed by atoms with Crippen molar-refractivity contribution >= 4 is 17.5 Å². The van der Waals surface area contributed by atoms with E-state index in [2.05, 4.69) is 11.8 Å². The second kappa shape index (κ2) is 6.95. The molecule has 0 bridgehead atoms. The fraction of sp³-hybridized carbons (Fsp3) is 0.533. The zero-order valence-electron chi connectivity index (χ0n) is 12.1. The van der Waals surface area contributed by atoms with E-state index in [9.17, 15) is 4.79 Å². The van der Waals surface area contributed by atoms with Crippen molar-refractivity contribution in [3.63, 3.8) is 0 Å². The molecule has 110 valence electrons. The minimum absolute atomic E-state index is 0.0510. The van der Waals surface area contributed by atoms with Gasteiger partial charge in [0.2, 0.25) is 0 Å². The lowest BCUT2D eigenvalue weighted by Gasteiger charge is -2.34. The molecule has 0 atom stereocenters. The minimum Gasteiger partial charge on any atom is -0.483 e. The van der Waals surface area contributed by atoms with Crippen LogP contribution in [0.5, 0.6) is 5.75 Å². The molecule has 0 unspecified atom stereocenters. The lowest BCUT2D eigenvalue weighted by Crippen LogP contribution is -2.49. The van der Waals surface area contributed by atoms with E-state index >= 15 is 0 Å². The first-order valence-corrected chi connectivity index (χ1v) is 7.37. The molecule has 1 aromatic rings. The normalized spacial score (nSPS) is 16.2. The molecular weight excluding hydrogens is 276 g/mol. The molecule has 0 saturated carbocycles. The summed E-state index contributed by atoms with van der Waals surface area (Å²) in [4.78, 5) is 16.3. The number of aryl methyl sites for hydroxylation is 1. The van der Waals surface area contributed by atoms with Crippen molar-refractivity contribution in [2.45, 2.75) is 13.8 Å². The summed E-state index contributed by atoms with van der Waals surface area (Å²) in [5, 5.41) is 0.678. The quantitative estimate of drug-likeness (QED) is 0.854. The molecule has 0 aliphatic carbocycles. The molecule has 5 heteroatoms. The summed E-state index contributed by atoms with van der Waals surface area (Å²) in [5.74, 6) is 0.769. The molecule has 1 aliphatic heterocycles. The second-order valence-corrected chi connectivity index (χ2v) is 5.45. The Kier molecular flexibility index (Phi) is 5.26. The predicted octanol–water partition coefficient (Wildman–Crippen LogP) is 2.19. The van der Waals surface area contributed by atoms with Crippen molar-refractivity contribution in [2.75, 3.05) is 39.3 Å². The van der Waals surface area contributed by atoms with E-state index in [1.807, 2.05) is 17.9 Å². The zero-order valence-corrected chi connectivity index (χ0v) is 12.8. The molecule has 1 amide bonds. The van der Waals surface area contributed by atoms with Gasteiger partial charge in [0.1, 0.15) is 5.75 Å². The average molecular weight is 297 g/mol. The van der Waals surface area contributed by atoms with Gasteiger partial charge in [0, 0.05) is 31.2 Å². The maximum atomic E-state index is 12.1. The van der Waals surface area contributed by atoms with Crippen LogP contribution in [0.1, 0.15) is 12.5 Å². The van der Waals surface area contributed by atoms with Crippen LogP contribution in [0.4, 0.5) is 0 Å². The maximum Gasteiger partial charge on any atom is 0.260 e. The Morgan fingerprint density at radius 1 is 1.30 bits per heavy atom. The summed E-state index contributed by atoms with van der Waals surface area (Å²) >= 11 is 5.89. The van der Waals surface area contributed by atoms with Crippen molar-refractivity contribution in [3.05, 3.63) is 28.8 Å². The Morgan fingerprint density at radius 2 is 2.00 bits per heavy atom. The molecule has 1 heterocycles. The Hall–Kier alpha value is -1.26. The van der Waals surface area contributed by atoms with Crippen LogP contribution in [0, 0.1) is 6.92 Å². The van der Waals surface area contributed by atoms with E-state index in [1.165, 1.54) is 0 Å². The molecule has 2 rings (SSSR count). The SMILES string of the molecule is CCN1CCN(C(=O)COc2ccc(Cl)cc2C)CC1. The monoisotopic (exact) mass is 296 g/mol. The first kappa shape index (κ1) is 15.1. The number of carbonyl (C=O) groups is 1. The fourth-order valence-corrected chi connectivity index (χ4v) is 2.55. The number of carbonyl (C=O) groups excluding carboxylic acids is 1. The Balaban J connectivity index is 1.83. The topological polar surface area (TPSA) is 32.8 Å². The van der Waals surface area contributed by atoms with Crippen molar-refractivity contribution in [2.24, 2.45) is 0 Å². The summed E-state index contributed by atoms with van der Waals surface area (Å²) in [6.07, 6.45) is 0. The highest BCUT2D eigenvalue weighted by Crippen LogP contribution is 2.21. The summed E-state index contributed by atoms with van der Waals surface area (Å²) in [6, 6.07) is 5.41. The third-order valence-corrected chi connectivity index (χ3v) is 3.90. The molecule has 1 fully saturated rings. The highest BCUT2D eigenvalue weighted by Gasteiger charge is 2.20. The second-order valence-electron chi connectivity index (χ2n) is 5.01.